The van der Waals surface area contributed by atoms with Gasteiger partial charge in [-0.1, -0.05) is 13.8 Å². The number of aromatic amines is 1. The molecule has 0 saturated carbocycles. The molecule has 0 atom stereocenters. The van der Waals surface area contributed by atoms with Crippen molar-refractivity contribution in [1.29, 1.82) is 0 Å². The first-order chi connectivity index (χ1) is 7.96. The lowest BCUT2D eigenvalue weighted by molar-refractivity contribution is 0.350. The molecule has 17 heavy (non-hydrogen) atoms. The molecule has 1 aromatic rings. The molecule has 1 heterocycles. The van der Waals surface area contributed by atoms with E-state index in [9.17, 15) is 4.79 Å². The van der Waals surface area contributed by atoms with E-state index >= 15 is 0 Å². The summed E-state index contributed by atoms with van der Waals surface area (Å²) < 4.78 is 0. The Morgan fingerprint density at radius 1 is 1.53 bits per heavy atom. The Kier molecular flexibility index (Phi) is 4.51. The van der Waals surface area contributed by atoms with Crippen molar-refractivity contribution < 1.29 is 0 Å². The van der Waals surface area contributed by atoms with Gasteiger partial charge < -0.3 is 21.8 Å². The lowest BCUT2D eigenvalue weighted by Crippen LogP contribution is -2.26. The molecule has 0 spiro atoms. The zero-order valence-electron chi connectivity index (χ0n) is 10.4. The Morgan fingerprint density at radius 3 is 2.88 bits per heavy atom. The van der Waals surface area contributed by atoms with Crippen LogP contribution in [0.3, 0.4) is 0 Å². The molecule has 0 aliphatic heterocycles. The summed E-state index contributed by atoms with van der Waals surface area (Å²) in [4.78, 5) is 17.7. The Bertz CT molecular complexity index is 413. The van der Waals surface area contributed by atoms with E-state index in [4.69, 9.17) is 11.5 Å². The Hall–Kier alpha value is -1.56. The van der Waals surface area contributed by atoms with E-state index in [1.807, 2.05) is 0 Å². The average molecular weight is 239 g/mol. The van der Waals surface area contributed by atoms with E-state index in [0.29, 0.717) is 18.9 Å². The predicted molar refractivity (Wildman–Crippen MR) is 69.8 cm³/mol. The number of rotatable bonds is 6. The first kappa shape index (κ1) is 13.5. The van der Waals surface area contributed by atoms with Crippen molar-refractivity contribution in [2.75, 3.05) is 24.1 Å². The van der Waals surface area contributed by atoms with E-state index in [1.165, 1.54) is 6.33 Å². The summed E-state index contributed by atoms with van der Waals surface area (Å²) >= 11 is 0. The van der Waals surface area contributed by atoms with Crippen molar-refractivity contribution in [3.63, 3.8) is 0 Å². The second-order valence-corrected chi connectivity index (χ2v) is 4.90. The summed E-state index contributed by atoms with van der Waals surface area (Å²) in [5.41, 5.74) is 11.0. The number of nitrogens with one attached hydrogen (secondary N) is 2. The minimum atomic E-state index is -0.317. The summed E-state index contributed by atoms with van der Waals surface area (Å²) in [6, 6.07) is 0. The van der Waals surface area contributed by atoms with Gasteiger partial charge in [-0.3, -0.25) is 4.79 Å². The summed E-state index contributed by atoms with van der Waals surface area (Å²) in [5.74, 6) is 0.439. The van der Waals surface area contributed by atoms with E-state index in [1.54, 1.807) is 0 Å². The van der Waals surface area contributed by atoms with Crippen LogP contribution in [-0.2, 0) is 0 Å². The van der Waals surface area contributed by atoms with Gasteiger partial charge in [0.25, 0.3) is 5.56 Å². The smallest absolute Gasteiger partial charge is 0.276 e. The highest BCUT2D eigenvalue weighted by Gasteiger charge is 2.17. The number of nitrogen functional groups attached to an aromatic ring is 1. The molecule has 6 nitrogen and oxygen atoms in total. The van der Waals surface area contributed by atoms with Crippen molar-refractivity contribution in [2.45, 2.75) is 26.7 Å². The fraction of sp³-hybridized carbons (Fsp3) is 0.636. The fourth-order valence-electron chi connectivity index (χ4n) is 1.54. The maximum atomic E-state index is 11.3. The van der Waals surface area contributed by atoms with Gasteiger partial charge in [0.1, 0.15) is 5.69 Å². The molecule has 96 valence electrons. The molecule has 1 aromatic heterocycles. The Labute approximate surface area is 101 Å². The standard InChI is InChI=1S/C11H21N5O/c1-11(2,4-3-5-12)6-14-9-8(13)10(17)16-7-15-9/h7H,3-6,12-13H2,1-2H3,(H2,14,15,16,17). The fourth-order valence-corrected chi connectivity index (χ4v) is 1.54. The number of nitrogens with zero attached hydrogens (tertiary/aromatic N) is 1. The largest absolute Gasteiger partial charge is 0.391 e. The summed E-state index contributed by atoms with van der Waals surface area (Å²) in [6.07, 6.45) is 3.33. The topological polar surface area (TPSA) is 110 Å². The first-order valence-corrected chi connectivity index (χ1v) is 5.73. The van der Waals surface area contributed by atoms with Gasteiger partial charge in [-0.05, 0) is 24.8 Å². The highest BCUT2D eigenvalue weighted by molar-refractivity contribution is 5.58. The SMILES string of the molecule is CC(C)(CCCN)CNc1nc[nH]c(=O)c1N. The average Bonchev–Trinajstić information content (AvgIpc) is 2.29. The molecule has 0 aliphatic carbocycles. The molecule has 6 heteroatoms. The molecule has 1 rings (SSSR count). The van der Waals surface area contributed by atoms with Gasteiger partial charge in [0.05, 0.1) is 6.33 Å². The molecule has 0 aliphatic rings. The van der Waals surface area contributed by atoms with Crippen LogP contribution in [0.2, 0.25) is 0 Å². The highest BCUT2D eigenvalue weighted by Crippen LogP contribution is 2.22. The Morgan fingerprint density at radius 2 is 2.24 bits per heavy atom. The zero-order valence-corrected chi connectivity index (χ0v) is 10.4. The molecule has 0 fully saturated rings. The second-order valence-electron chi connectivity index (χ2n) is 4.90. The van der Waals surface area contributed by atoms with Gasteiger partial charge in [-0.2, -0.15) is 0 Å². The van der Waals surface area contributed by atoms with Crippen LogP contribution in [0.5, 0.6) is 0 Å². The maximum Gasteiger partial charge on any atom is 0.276 e. The maximum absolute atomic E-state index is 11.3. The minimum Gasteiger partial charge on any atom is -0.391 e. The number of hydrogen-bond donors (Lipinski definition) is 4. The molecule has 0 saturated heterocycles. The van der Waals surface area contributed by atoms with Gasteiger partial charge in [0.15, 0.2) is 5.82 Å². The van der Waals surface area contributed by atoms with Crippen molar-refractivity contribution in [1.82, 2.24) is 9.97 Å². The van der Waals surface area contributed by atoms with Crippen LogP contribution in [0.4, 0.5) is 11.5 Å². The third kappa shape index (κ3) is 4.07. The van der Waals surface area contributed by atoms with Crippen LogP contribution in [0.25, 0.3) is 0 Å². The van der Waals surface area contributed by atoms with Crippen molar-refractivity contribution in [3.05, 3.63) is 16.7 Å². The van der Waals surface area contributed by atoms with Gasteiger partial charge in [0, 0.05) is 6.54 Å². The number of nitrogens with two attached hydrogens (primary N) is 2. The van der Waals surface area contributed by atoms with Gasteiger partial charge in [-0.25, -0.2) is 4.98 Å². The van der Waals surface area contributed by atoms with Gasteiger partial charge >= 0.3 is 0 Å². The number of aromatic nitrogens is 2. The lowest BCUT2D eigenvalue weighted by Gasteiger charge is -2.25. The third-order valence-electron chi connectivity index (χ3n) is 2.68. The first-order valence-electron chi connectivity index (χ1n) is 5.73. The van der Waals surface area contributed by atoms with Crippen LogP contribution in [0.1, 0.15) is 26.7 Å². The normalized spacial score (nSPS) is 11.5. The van der Waals surface area contributed by atoms with Crippen molar-refractivity contribution >= 4 is 11.5 Å². The predicted octanol–water partition coefficient (Wildman–Crippen LogP) is 0.529. The number of hydrogen-bond acceptors (Lipinski definition) is 5. The van der Waals surface area contributed by atoms with E-state index in [2.05, 4.69) is 29.1 Å². The number of anilines is 2. The second kappa shape index (κ2) is 5.67. The van der Waals surface area contributed by atoms with Crippen molar-refractivity contribution in [2.24, 2.45) is 11.1 Å². The van der Waals surface area contributed by atoms with Crippen LogP contribution in [0, 0.1) is 5.41 Å². The summed E-state index contributed by atoms with van der Waals surface area (Å²) in [7, 11) is 0. The zero-order chi connectivity index (χ0) is 12.9. The Balaban J connectivity index is 2.61. The van der Waals surface area contributed by atoms with Crippen LogP contribution in [0.15, 0.2) is 11.1 Å². The van der Waals surface area contributed by atoms with E-state index in [-0.39, 0.29) is 16.7 Å². The number of H-pyrrole nitrogens is 1. The van der Waals surface area contributed by atoms with Gasteiger partial charge in [0.2, 0.25) is 0 Å². The van der Waals surface area contributed by atoms with Gasteiger partial charge in [-0.15, -0.1) is 0 Å². The molecular formula is C11H21N5O. The molecule has 0 radical (unpaired) electrons. The van der Waals surface area contributed by atoms with Crippen LogP contribution >= 0.6 is 0 Å². The van der Waals surface area contributed by atoms with E-state index in [0.717, 1.165) is 12.8 Å². The molecule has 6 N–H and O–H groups in total. The molecule has 0 bridgehead atoms. The minimum absolute atomic E-state index is 0.0933. The molecule has 0 unspecified atom stereocenters. The summed E-state index contributed by atoms with van der Waals surface area (Å²) in [5, 5.41) is 3.11. The van der Waals surface area contributed by atoms with E-state index < -0.39 is 0 Å². The molecular weight excluding hydrogens is 218 g/mol. The van der Waals surface area contributed by atoms with Crippen LogP contribution < -0.4 is 22.3 Å². The van der Waals surface area contributed by atoms with Crippen LogP contribution in [-0.4, -0.2) is 23.1 Å². The quantitative estimate of drug-likeness (QED) is 0.579. The summed E-state index contributed by atoms with van der Waals surface area (Å²) in [6.45, 7) is 5.67. The molecule has 0 aromatic carbocycles. The monoisotopic (exact) mass is 239 g/mol. The third-order valence-corrected chi connectivity index (χ3v) is 2.68. The highest BCUT2D eigenvalue weighted by atomic mass is 16.1. The van der Waals surface area contributed by atoms with Crippen molar-refractivity contribution in [3.8, 4) is 0 Å². The molecule has 0 amide bonds. The lowest BCUT2D eigenvalue weighted by atomic mass is 9.88.